The molecule has 6 N–H and O–H groups in total. The number of carbonyl (C=O) groups excluding carboxylic acids is 2. The van der Waals surface area contributed by atoms with Gasteiger partial charge in [-0.25, -0.2) is 0 Å². The van der Waals surface area contributed by atoms with E-state index in [1.54, 1.807) is 6.07 Å². The number of para-hydroxylation sites is 1. The molecule has 1 aliphatic heterocycles. The molecule has 4 rings (SSSR count). The van der Waals surface area contributed by atoms with Gasteiger partial charge in [-0.3, -0.25) is 14.5 Å². The molecule has 1 aliphatic rings. The highest BCUT2D eigenvalue weighted by Crippen LogP contribution is 2.31. The van der Waals surface area contributed by atoms with Gasteiger partial charge >= 0.3 is 6.18 Å². The van der Waals surface area contributed by atoms with Crippen LogP contribution in [0.5, 0.6) is 0 Å². The number of halogens is 4. The van der Waals surface area contributed by atoms with Crippen LogP contribution < -0.4 is 27.0 Å². The molecule has 3 aromatic rings. The Morgan fingerprint density at radius 2 is 1.80 bits per heavy atom. The maximum absolute atomic E-state index is 13.0. The van der Waals surface area contributed by atoms with E-state index in [0.29, 0.717) is 41.4 Å². The van der Waals surface area contributed by atoms with E-state index in [0.717, 1.165) is 29.9 Å². The van der Waals surface area contributed by atoms with Crippen LogP contribution in [0.25, 0.3) is 0 Å². The second-order valence-corrected chi connectivity index (χ2v) is 10.3. The monoisotopic (exact) mass is 604 g/mol. The fourth-order valence-electron chi connectivity index (χ4n) is 4.39. The number of nitrogen functional groups attached to an aromatic ring is 1. The lowest BCUT2D eigenvalue weighted by atomic mass is 10.1. The van der Waals surface area contributed by atoms with Crippen molar-refractivity contribution in [2.24, 2.45) is 0 Å². The van der Waals surface area contributed by atoms with E-state index < -0.39 is 30.1 Å². The van der Waals surface area contributed by atoms with E-state index in [2.05, 4.69) is 26.2 Å². The molecule has 0 bridgehead atoms. The minimum Gasteiger partial charge on any atom is -0.398 e. The number of hydrogen-bond donors (Lipinski definition) is 5. The Kier molecular flexibility index (Phi) is 9.69. The van der Waals surface area contributed by atoms with E-state index in [9.17, 15) is 22.8 Å². The Morgan fingerprint density at radius 1 is 1.05 bits per heavy atom. The molecule has 216 valence electrons. The predicted octanol–water partition coefficient (Wildman–Crippen LogP) is 4.87. The van der Waals surface area contributed by atoms with Crippen LogP contribution in [0.3, 0.4) is 0 Å². The van der Waals surface area contributed by atoms with E-state index in [1.807, 2.05) is 42.5 Å². The Hall–Kier alpha value is -3.87. The van der Waals surface area contributed by atoms with Crippen LogP contribution >= 0.6 is 23.8 Å². The summed E-state index contributed by atoms with van der Waals surface area (Å²) < 4.78 is 38.9. The van der Waals surface area contributed by atoms with Gasteiger partial charge in [0.2, 0.25) is 5.91 Å². The molecule has 2 amide bonds. The predicted molar refractivity (Wildman–Crippen MR) is 158 cm³/mol. The number of nitrogens with one attached hydrogen (secondary N) is 4. The van der Waals surface area contributed by atoms with E-state index >= 15 is 0 Å². The summed E-state index contributed by atoms with van der Waals surface area (Å²) in [5, 5.41) is 12.3. The Balaban J connectivity index is 1.25. The summed E-state index contributed by atoms with van der Waals surface area (Å²) in [6.45, 7) is 1.54. The van der Waals surface area contributed by atoms with Crippen molar-refractivity contribution in [3.63, 3.8) is 0 Å². The van der Waals surface area contributed by atoms with Crippen molar-refractivity contribution >= 4 is 57.8 Å². The van der Waals surface area contributed by atoms with Crippen molar-refractivity contribution in [1.29, 1.82) is 0 Å². The van der Waals surface area contributed by atoms with Gasteiger partial charge in [0, 0.05) is 37.1 Å². The maximum atomic E-state index is 13.0. The maximum Gasteiger partial charge on any atom is 0.416 e. The number of alkyl halides is 3. The average molecular weight is 605 g/mol. The third-order valence-corrected chi connectivity index (χ3v) is 6.92. The van der Waals surface area contributed by atoms with Gasteiger partial charge in [0.05, 0.1) is 28.4 Å². The second-order valence-electron chi connectivity index (χ2n) is 9.53. The fourth-order valence-corrected chi connectivity index (χ4v) is 4.78. The molecule has 0 aromatic heterocycles. The number of carbonyl (C=O) groups is 2. The van der Waals surface area contributed by atoms with Crippen LogP contribution in [0.4, 0.5) is 30.2 Å². The number of anilines is 3. The second kappa shape index (κ2) is 13.2. The summed E-state index contributed by atoms with van der Waals surface area (Å²) in [6, 6.07) is 17.5. The van der Waals surface area contributed by atoms with Crippen LogP contribution in [-0.2, 0) is 17.5 Å². The van der Waals surface area contributed by atoms with Crippen LogP contribution in [0.1, 0.15) is 27.9 Å². The molecule has 0 saturated carbocycles. The SMILES string of the molecule is Nc1ccc(C(F)(F)F)cc1C(=O)NCC(=O)N[C@@H]1CCN(Cc2ccc(Cl)c(NC(=S)Nc3ccccc3)c2)C1. The van der Waals surface area contributed by atoms with Crippen LogP contribution in [0.15, 0.2) is 66.7 Å². The fraction of sp³-hybridized carbons (Fsp3) is 0.250. The first-order valence-electron chi connectivity index (χ1n) is 12.7. The van der Waals surface area contributed by atoms with Crippen molar-refractivity contribution in [3.8, 4) is 0 Å². The minimum atomic E-state index is -4.62. The largest absolute Gasteiger partial charge is 0.416 e. The van der Waals surface area contributed by atoms with Gasteiger partial charge in [0.25, 0.3) is 5.91 Å². The summed E-state index contributed by atoms with van der Waals surface area (Å²) in [5.41, 5.74) is 6.73. The van der Waals surface area contributed by atoms with Crippen LogP contribution in [-0.4, -0.2) is 47.5 Å². The highest BCUT2D eigenvalue weighted by molar-refractivity contribution is 7.80. The topological polar surface area (TPSA) is 112 Å². The van der Waals surface area contributed by atoms with Crippen LogP contribution in [0, 0.1) is 0 Å². The summed E-state index contributed by atoms with van der Waals surface area (Å²) in [7, 11) is 0. The van der Waals surface area contributed by atoms with Gasteiger partial charge in [-0.2, -0.15) is 13.2 Å². The molecular formula is C28H28ClF3N6O2S. The van der Waals surface area contributed by atoms with Gasteiger partial charge in [-0.1, -0.05) is 35.9 Å². The summed E-state index contributed by atoms with van der Waals surface area (Å²) >= 11 is 11.8. The van der Waals surface area contributed by atoms with Gasteiger partial charge in [0.1, 0.15) is 0 Å². The molecule has 0 aliphatic carbocycles. The molecule has 1 saturated heterocycles. The Labute approximate surface area is 245 Å². The van der Waals surface area contributed by atoms with E-state index in [4.69, 9.17) is 29.6 Å². The molecule has 3 aromatic carbocycles. The normalized spacial score (nSPS) is 15.3. The standard InChI is InChI=1S/C28H28ClF3N6O2S/c29-22-8-6-17(12-24(22)37-27(41)36-19-4-2-1-3-5-19)15-38-11-10-20(16-38)35-25(39)14-34-26(40)21-13-18(28(30,31)32)7-9-23(21)33/h1-9,12-13,20H,10-11,14-16,33H2,(H,34,40)(H,35,39)(H2,36,37,41)/t20-/m1/s1. The first-order chi connectivity index (χ1) is 19.5. The van der Waals surface area contributed by atoms with E-state index in [1.165, 1.54) is 0 Å². The van der Waals surface area contributed by atoms with Gasteiger partial charge < -0.3 is 27.0 Å². The number of rotatable bonds is 8. The number of nitrogens with two attached hydrogens (primary N) is 1. The highest BCUT2D eigenvalue weighted by Gasteiger charge is 2.31. The zero-order valence-corrected chi connectivity index (χ0v) is 23.3. The zero-order valence-electron chi connectivity index (χ0n) is 21.7. The van der Waals surface area contributed by atoms with Crippen molar-refractivity contribution in [3.05, 3.63) is 88.4 Å². The molecule has 0 radical (unpaired) electrons. The van der Waals surface area contributed by atoms with Gasteiger partial charge in [0.15, 0.2) is 5.11 Å². The number of thiocarbonyl (C=S) groups is 1. The molecule has 0 unspecified atom stereocenters. The van der Waals surface area contributed by atoms with Crippen molar-refractivity contribution < 1.29 is 22.8 Å². The first-order valence-corrected chi connectivity index (χ1v) is 13.4. The molecule has 41 heavy (non-hydrogen) atoms. The highest BCUT2D eigenvalue weighted by atomic mass is 35.5. The summed E-state index contributed by atoms with van der Waals surface area (Å²) in [5.74, 6) is -1.31. The molecular weight excluding hydrogens is 577 g/mol. The molecule has 13 heteroatoms. The van der Waals surface area contributed by atoms with E-state index in [-0.39, 0.29) is 17.3 Å². The Morgan fingerprint density at radius 3 is 2.54 bits per heavy atom. The van der Waals surface area contributed by atoms with Crippen molar-refractivity contribution in [1.82, 2.24) is 15.5 Å². The minimum absolute atomic E-state index is 0.114. The lowest BCUT2D eigenvalue weighted by molar-refractivity contribution is -0.137. The average Bonchev–Trinajstić information content (AvgIpc) is 3.35. The molecule has 1 heterocycles. The number of benzene rings is 3. The molecule has 0 spiro atoms. The number of nitrogens with zero attached hydrogens (tertiary/aromatic N) is 1. The zero-order chi connectivity index (χ0) is 29.6. The smallest absolute Gasteiger partial charge is 0.398 e. The van der Waals surface area contributed by atoms with Crippen LogP contribution in [0.2, 0.25) is 5.02 Å². The summed E-state index contributed by atoms with van der Waals surface area (Å²) in [4.78, 5) is 27.0. The number of likely N-dealkylation sites (tertiary alicyclic amines) is 1. The van der Waals surface area contributed by atoms with Crippen molar-refractivity contribution in [2.45, 2.75) is 25.2 Å². The lowest BCUT2D eigenvalue weighted by Gasteiger charge is -2.18. The lowest BCUT2D eigenvalue weighted by Crippen LogP contribution is -2.43. The summed E-state index contributed by atoms with van der Waals surface area (Å²) in [6.07, 6.45) is -3.92. The van der Waals surface area contributed by atoms with Crippen molar-refractivity contribution in [2.75, 3.05) is 36.0 Å². The first kappa shape index (κ1) is 30.1. The molecule has 1 fully saturated rings. The van der Waals surface area contributed by atoms with Gasteiger partial charge in [-0.15, -0.1) is 0 Å². The third kappa shape index (κ3) is 8.56. The molecule has 8 nitrogen and oxygen atoms in total. The number of amides is 2. The third-order valence-electron chi connectivity index (χ3n) is 6.39. The molecule has 1 atom stereocenters. The quantitative estimate of drug-likeness (QED) is 0.184. The Bertz CT molecular complexity index is 1420. The van der Waals surface area contributed by atoms with Gasteiger partial charge in [-0.05, 0) is 66.7 Å². The number of hydrogen-bond acceptors (Lipinski definition) is 5.